The van der Waals surface area contributed by atoms with E-state index in [0.29, 0.717) is 5.92 Å². The van der Waals surface area contributed by atoms with Crippen LogP contribution in [0.25, 0.3) is 0 Å². The zero-order chi connectivity index (χ0) is 18.9. The molecule has 2 atom stereocenters. The maximum Gasteiger partial charge on any atom is 0.191 e. The van der Waals surface area contributed by atoms with Crippen molar-refractivity contribution in [3.05, 3.63) is 23.8 Å². The van der Waals surface area contributed by atoms with Gasteiger partial charge in [0.05, 0.1) is 20.3 Å². The molecule has 0 bridgehead atoms. The van der Waals surface area contributed by atoms with Crippen LogP contribution in [0.5, 0.6) is 11.5 Å². The number of guanidine groups is 1. The Labute approximate surface area is 158 Å². The van der Waals surface area contributed by atoms with Crippen molar-refractivity contribution in [2.75, 3.05) is 47.4 Å². The van der Waals surface area contributed by atoms with E-state index < -0.39 is 0 Å². The molecule has 2 unspecified atom stereocenters. The smallest absolute Gasteiger partial charge is 0.191 e. The van der Waals surface area contributed by atoms with E-state index in [-0.39, 0.29) is 6.04 Å². The van der Waals surface area contributed by atoms with Crippen LogP contribution in [0.2, 0.25) is 0 Å². The Hall–Kier alpha value is -1.95. The molecule has 146 valence electrons. The molecule has 1 aromatic carbocycles. The Morgan fingerprint density at radius 1 is 1.35 bits per heavy atom. The lowest BCUT2D eigenvalue weighted by Crippen LogP contribution is -2.40. The van der Waals surface area contributed by atoms with Gasteiger partial charge in [0, 0.05) is 25.2 Å². The average molecular weight is 363 g/mol. The molecular formula is C20H34N4O2. The van der Waals surface area contributed by atoms with Gasteiger partial charge in [0.2, 0.25) is 0 Å². The normalized spacial score (nSPS) is 19.7. The van der Waals surface area contributed by atoms with Crippen LogP contribution in [0, 0.1) is 5.92 Å². The molecular weight excluding hydrogens is 328 g/mol. The topological polar surface area (TPSA) is 58.1 Å². The predicted octanol–water partition coefficient (Wildman–Crippen LogP) is 2.66. The van der Waals surface area contributed by atoms with Gasteiger partial charge in [0.1, 0.15) is 11.5 Å². The molecule has 0 spiro atoms. The van der Waals surface area contributed by atoms with Gasteiger partial charge in [-0.15, -0.1) is 0 Å². The van der Waals surface area contributed by atoms with Crippen molar-refractivity contribution in [3.63, 3.8) is 0 Å². The molecule has 26 heavy (non-hydrogen) atoms. The van der Waals surface area contributed by atoms with Gasteiger partial charge < -0.3 is 25.0 Å². The molecule has 2 rings (SSSR count). The van der Waals surface area contributed by atoms with Crippen LogP contribution in [0.3, 0.4) is 0 Å². The van der Waals surface area contributed by atoms with Gasteiger partial charge in [-0.25, -0.2) is 0 Å². The Morgan fingerprint density at radius 2 is 2.15 bits per heavy atom. The van der Waals surface area contributed by atoms with Crippen molar-refractivity contribution in [1.29, 1.82) is 0 Å². The van der Waals surface area contributed by atoms with E-state index in [1.54, 1.807) is 14.2 Å². The third kappa shape index (κ3) is 5.80. The first-order valence-corrected chi connectivity index (χ1v) is 9.52. The van der Waals surface area contributed by atoms with Gasteiger partial charge in [0.25, 0.3) is 0 Å². The average Bonchev–Trinajstić information content (AvgIpc) is 2.65. The molecule has 0 saturated carbocycles. The molecule has 1 aliphatic rings. The van der Waals surface area contributed by atoms with Crippen molar-refractivity contribution < 1.29 is 9.47 Å². The second kappa shape index (κ2) is 10.3. The second-order valence-corrected chi connectivity index (χ2v) is 6.96. The number of rotatable bonds is 7. The summed E-state index contributed by atoms with van der Waals surface area (Å²) in [5.41, 5.74) is 1.05. The van der Waals surface area contributed by atoms with Gasteiger partial charge in [-0.1, -0.05) is 0 Å². The van der Waals surface area contributed by atoms with Crippen LogP contribution in [0.4, 0.5) is 0 Å². The summed E-state index contributed by atoms with van der Waals surface area (Å²) < 4.78 is 10.9. The van der Waals surface area contributed by atoms with Gasteiger partial charge in [-0.3, -0.25) is 4.99 Å². The molecule has 2 N–H and O–H groups in total. The predicted molar refractivity (Wildman–Crippen MR) is 107 cm³/mol. The van der Waals surface area contributed by atoms with E-state index in [0.717, 1.165) is 42.7 Å². The number of methoxy groups -OCH3 is 2. The largest absolute Gasteiger partial charge is 0.497 e. The first kappa shape index (κ1) is 20.4. The van der Waals surface area contributed by atoms with Crippen molar-refractivity contribution in [2.24, 2.45) is 10.9 Å². The van der Waals surface area contributed by atoms with E-state index in [4.69, 9.17) is 14.5 Å². The number of aliphatic imine (C=N–C) groups is 1. The summed E-state index contributed by atoms with van der Waals surface area (Å²) >= 11 is 0. The number of ether oxygens (including phenoxy) is 2. The van der Waals surface area contributed by atoms with Gasteiger partial charge in [-0.2, -0.15) is 0 Å². The minimum atomic E-state index is 0.0480. The third-order valence-electron chi connectivity index (χ3n) is 4.83. The minimum Gasteiger partial charge on any atom is -0.497 e. The van der Waals surface area contributed by atoms with Crippen LogP contribution >= 0.6 is 0 Å². The van der Waals surface area contributed by atoms with E-state index in [1.807, 2.05) is 18.2 Å². The number of benzene rings is 1. The van der Waals surface area contributed by atoms with Crippen LogP contribution in [-0.2, 0) is 0 Å². The van der Waals surface area contributed by atoms with E-state index in [2.05, 4.69) is 36.4 Å². The zero-order valence-electron chi connectivity index (χ0n) is 16.8. The number of nitrogens with one attached hydrogen (secondary N) is 2. The number of piperidine rings is 1. The Morgan fingerprint density at radius 3 is 2.81 bits per heavy atom. The summed E-state index contributed by atoms with van der Waals surface area (Å²) in [5.74, 6) is 3.14. The maximum absolute atomic E-state index is 5.51. The highest BCUT2D eigenvalue weighted by atomic mass is 16.5. The molecule has 6 heteroatoms. The number of likely N-dealkylation sites (tertiary alicyclic amines) is 1. The molecule has 1 aliphatic heterocycles. The summed E-state index contributed by atoms with van der Waals surface area (Å²) in [6, 6.07) is 5.91. The molecule has 0 aromatic heterocycles. The fraction of sp³-hybridized carbons (Fsp3) is 0.650. The van der Waals surface area contributed by atoms with E-state index in [9.17, 15) is 0 Å². The van der Waals surface area contributed by atoms with Gasteiger partial charge in [-0.05, 0) is 64.4 Å². The fourth-order valence-electron chi connectivity index (χ4n) is 3.42. The molecule has 1 saturated heterocycles. The van der Waals surface area contributed by atoms with E-state index >= 15 is 0 Å². The molecule has 1 heterocycles. The zero-order valence-corrected chi connectivity index (χ0v) is 16.8. The number of hydrogen-bond acceptors (Lipinski definition) is 4. The Balaban J connectivity index is 2.07. The Bertz CT molecular complexity index is 591. The number of hydrogen-bond donors (Lipinski definition) is 2. The quantitative estimate of drug-likeness (QED) is 0.577. The Kier molecular flexibility index (Phi) is 8.04. The standard InChI is InChI=1S/C20H34N4O2/c1-6-21-20(22-13-16-8-7-11-24(3)14-16)23-15(2)18-12-17(25-4)9-10-19(18)26-5/h9-10,12,15-16H,6-8,11,13-14H2,1-5H3,(H2,21,22,23). The fourth-order valence-corrected chi connectivity index (χ4v) is 3.42. The summed E-state index contributed by atoms with van der Waals surface area (Å²) in [6.45, 7) is 8.20. The highest BCUT2D eigenvalue weighted by Gasteiger charge is 2.18. The number of nitrogens with zero attached hydrogens (tertiary/aromatic N) is 2. The van der Waals surface area contributed by atoms with Crippen molar-refractivity contribution >= 4 is 5.96 Å². The van der Waals surface area contributed by atoms with Gasteiger partial charge in [0.15, 0.2) is 5.96 Å². The lowest BCUT2D eigenvalue weighted by atomic mass is 9.99. The summed E-state index contributed by atoms with van der Waals surface area (Å²) in [5, 5.41) is 6.85. The van der Waals surface area contributed by atoms with Crippen LogP contribution in [0.1, 0.15) is 38.3 Å². The summed E-state index contributed by atoms with van der Waals surface area (Å²) in [7, 11) is 5.56. The van der Waals surface area contributed by atoms with Crippen molar-refractivity contribution in [1.82, 2.24) is 15.5 Å². The SMILES string of the molecule is CCNC(=NCC1CCCN(C)C1)NC(C)c1cc(OC)ccc1OC. The molecule has 1 aromatic rings. The van der Waals surface area contributed by atoms with Crippen molar-refractivity contribution in [3.8, 4) is 11.5 Å². The minimum absolute atomic E-state index is 0.0480. The molecule has 0 radical (unpaired) electrons. The van der Waals surface area contributed by atoms with Crippen LogP contribution < -0.4 is 20.1 Å². The van der Waals surface area contributed by atoms with Crippen LogP contribution in [0.15, 0.2) is 23.2 Å². The highest BCUT2D eigenvalue weighted by Crippen LogP contribution is 2.29. The van der Waals surface area contributed by atoms with Gasteiger partial charge >= 0.3 is 0 Å². The van der Waals surface area contributed by atoms with E-state index in [1.165, 1.54) is 19.4 Å². The second-order valence-electron chi connectivity index (χ2n) is 6.96. The van der Waals surface area contributed by atoms with Crippen molar-refractivity contribution in [2.45, 2.75) is 32.7 Å². The summed E-state index contributed by atoms with van der Waals surface area (Å²) in [4.78, 5) is 7.23. The van der Waals surface area contributed by atoms with Crippen LogP contribution in [-0.4, -0.2) is 58.3 Å². The molecule has 6 nitrogen and oxygen atoms in total. The molecule has 0 amide bonds. The molecule has 0 aliphatic carbocycles. The lowest BCUT2D eigenvalue weighted by Gasteiger charge is -2.29. The highest BCUT2D eigenvalue weighted by molar-refractivity contribution is 5.80. The first-order valence-electron chi connectivity index (χ1n) is 9.52. The molecule has 1 fully saturated rings. The maximum atomic E-state index is 5.51. The monoisotopic (exact) mass is 362 g/mol. The summed E-state index contributed by atoms with van der Waals surface area (Å²) in [6.07, 6.45) is 2.52. The first-order chi connectivity index (χ1) is 12.6. The third-order valence-corrected chi connectivity index (χ3v) is 4.83. The lowest BCUT2D eigenvalue weighted by molar-refractivity contribution is 0.214.